The molecule has 36 heteroatoms. The largest absolute Gasteiger partial charge is 0.474 e. The van der Waals surface area contributed by atoms with E-state index < -0.39 is 45.0 Å². The lowest BCUT2D eigenvalue weighted by molar-refractivity contribution is 0.0533. The van der Waals surface area contributed by atoms with Gasteiger partial charge in [0, 0.05) is 158 Å². The molecule has 0 amide bonds. The second-order valence-electron chi connectivity index (χ2n) is 38.1. The van der Waals surface area contributed by atoms with Gasteiger partial charge >= 0.3 is 22.8 Å². The number of benzene rings is 4. The molecular weight excluding hydrogens is 1860 g/mol. The van der Waals surface area contributed by atoms with Gasteiger partial charge in [-0.1, -0.05) is 142 Å². The Kier molecular flexibility index (Phi) is 32.3. The zero-order valence-electron chi connectivity index (χ0n) is 84.4. The summed E-state index contributed by atoms with van der Waals surface area (Å²) in [5, 5.41) is 37.3. The van der Waals surface area contributed by atoms with E-state index in [-0.39, 0.29) is 77.0 Å². The fourth-order valence-electron chi connectivity index (χ4n) is 19.3. The minimum Gasteiger partial charge on any atom is -0.474 e. The van der Waals surface area contributed by atoms with E-state index in [2.05, 4.69) is 30.7 Å². The van der Waals surface area contributed by atoms with Crippen LogP contribution in [0.4, 0.5) is 0 Å². The third-order valence-electron chi connectivity index (χ3n) is 28.1. The number of imidazole rings is 4. The Morgan fingerprint density at radius 2 is 0.596 bits per heavy atom. The third kappa shape index (κ3) is 21.5. The molecule has 0 aliphatic heterocycles. The molecule has 4 aliphatic carbocycles. The van der Waals surface area contributed by atoms with E-state index in [4.69, 9.17) is 48.9 Å². The number of aryl methyl sites for hydroxylation is 7. The number of aromatic nitrogens is 20. The highest BCUT2D eigenvalue weighted by atomic mass is 16.5. The molecule has 12 aromatic heterocycles. The van der Waals surface area contributed by atoms with E-state index >= 15 is 0 Å². The van der Waals surface area contributed by atoms with Gasteiger partial charge in [-0.05, 0) is 196 Å². The molecule has 4 unspecified atom stereocenters. The second kappa shape index (κ2) is 46.0. The summed E-state index contributed by atoms with van der Waals surface area (Å²) in [5.74, 6) is 6.34. The number of nitrogens with zero attached hydrogens (tertiary/aromatic N) is 20. The zero-order valence-corrected chi connectivity index (χ0v) is 84.4. The first-order chi connectivity index (χ1) is 70.9. The SMILES string of the molecule is CCn1c(=O)n(CCCO)c(=O)c2c1nc(-c1ccc(OC3CC(C)C3)nc1C)n2Cc1ccccc1.CCn1c(=O)n(CCCO)c(=O)c2c1nc(-c1ccc(OC3CCC3)nc1C)n2Cc1ccccc1.CCn1c(=O)n(CCCO)c(=O)c2c1nc(-c1ccc(OC3CCC3C)nc1)n2Cc1ccccc1.CCn1c(=O)n(CCCO)c(=O)c2c1nc(-c1ccc(OC3CCC3C)nc1C)n2Cc1ccccc1. The number of aliphatic hydroxyl groups excluding tert-OH is 4. The lowest BCUT2D eigenvalue weighted by Gasteiger charge is -2.33. The molecule has 764 valence electrons. The van der Waals surface area contributed by atoms with Gasteiger partial charge in [0.05, 0.1) is 17.1 Å². The maximum absolute atomic E-state index is 13.7. The van der Waals surface area contributed by atoms with Gasteiger partial charge in [0.1, 0.15) is 47.7 Å². The minimum absolute atomic E-state index is 0.106. The van der Waals surface area contributed by atoms with Crippen molar-refractivity contribution in [2.24, 2.45) is 17.8 Å². The van der Waals surface area contributed by atoms with E-state index in [1.807, 2.05) is 237 Å². The van der Waals surface area contributed by atoms with Gasteiger partial charge in [0.25, 0.3) is 22.2 Å². The van der Waals surface area contributed by atoms with Crippen LogP contribution in [0.3, 0.4) is 0 Å². The minimum atomic E-state index is -0.421. The van der Waals surface area contributed by atoms with E-state index in [1.165, 1.54) is 55.8 Å². The van der Waals surface area contributed by atoms with Crippen molar-refractivity contribution in [3.05, 3.63) is 299 Å². The molecule has 12 heterocycles. The average molecular weight is 1990 g/mol. The lowest BCUT2D eigenvalue weighted by Crippen LogP contribution is -2.40. The summed E-state index contributed by atoms with van der Waals surface area (Å²) in [5.41, 5.74) is 8.84. The van der Waals surface area contributed by atoms with Crippen LogP contribution in [0.15, 0.2) is 214 Å². The molecule has 146 heavy (non-hydrogen) atoms. The Balaban J connectivity index is 0.000000133. The quantitative estimate of drug-likeness (QED) is 0.0283. The number of fused-ring (bicyclic) bond motifs is 4. The van der Waals surface area contributed by atoms with Crippen LogP contribution in [0.25, 0.3) is 90.2 Å². The summed E-state index contributed by atoms with van der Waals surface area (Å²) in [6.07, 6.45) is 13.5. The van der Waals surface area contributed by atoms with Crippen LogP contribution in [0, 0.1) is 38.5 Å². The van der Waals surface area contributed by atoms with Crippen LogP contribution in [0.2, 0.25) is 0 Å². The Morgan fingerprint density at radius 1 is 0.308 bits per heavy atom. The molecule has 4 saturated carbocycles. The molecule has 4 aliphatic rings. The van der Waals surface area contributed by atoms with Crippen molar-refractivity contribution in [3.63, 3.8) is 0 Å². The fourth-order valence-corrected chi connectivity index (χ4v) is 19.3. The van der Waals surface area contributed by atoms with Gasteiger partial charge in [-0.25, -0.2) is 59.0 Å². The summed E-state index contributed by atoms with van der Waals surface area (Å²) in [4.78, 5) is 145. The molecule has 0 radical (unpaired) electrons. The monoisotopic (exact) mass is 1980 g/mol. The molecule has 16 aromatic rings. The average Bonchev–Trinajstić information content (AvgIpc) is 1.59. The summed E-state index contributed by atoms with van der Waals surface area (Å²) >= 11 is 0. The van der Waals surface area contributed by atoms with Gasteiger partial charge in [-0.2, -0.15) is 0 Å². The van der Waals surface area contributed by atoms with Crippen LogP contribution >= 0.6 is 0 Å². The van der Waals surface area contributed by atoms with E-state index in [0.29, 0.717) is 187 Å². The summed E-state index contributed by atoms with van der Waals surface area (Å²) in [6.45, 7) is 22.9. The summed E-state index contributed by atoms with van der Waals surface area (Å²) in [6, 6.07) is 54.4. The van der Waals surface area contributed by atoms with Crippen LogP contribution in [0.5, 0.6) is 23.5 Å². The van der Waals surface area contributed by atoms with Crippen molar-refractivity contribution in [2.45, 2.75) is 256 Å². The maximum Gasteiger partial charge on any atom is 0.332 e. The lowest BCUT2D eigenvalue weighted by atomic mass is 9.84. The van der Waals surface area contributed by atoms with Crippen molar-refractivity contribution in [1.82, 2.24) is 94.7 Å². The van der Waals surface area contributed by atoms with E-state index in [1.54, 1.807) is 6.20 Å². The number of ether oxygens (including phenoxy) is 4. The molecule has 20 rings (SSSR count). The van der Waals surface area contributed by atoms with Gasteiger partial charge in [0.15, 0.2) is 44.7 Å². The smallest absolute Gasteiger partial charge is 0.332 e. The molecule has 4 aromatic carbocycles. The highest BCUT2D eigenvalue weighted by Gasteiger charge is 2.35. The predicted octanol–water partition coefficient (Wildman–Crippen LogP) is 12.9. The van der Waals surface area contributed by atoms with Crippen molar-refractivity contribution >= 4 is 44.7 Å². The van der Waals surface area contributed by atoms with Gasteiger partial charge in [-0.3, -0.25) is 55.7 Å². The van der Waals surface area contributed by atoms with Crippen molar-refractivity contribution in [1.29, 1.82) is 0 Å². The Labute approximate surface area is 841 Å². The summed E-state index contributed by atoms with van der Waals surface area (Å²) < 4.78 is 42.5. The van der Waals surface area contributed by atoms with Crippen molar-refractivity contribution < 1.29 is 39.4 Å². The standard InChI is InChI=1S/2C28H33N5O4.2C27H31N5O4/c1-4-31-26-24(27(35)32(28(31)36)15-8-16-34)33(17-20-9-6-5-7-10-20)25(30-26)21-12-14-23(29-19(21)3)37-22-13-11-18(22)2;1-4-31-26-24(27(35)32(28(31)36)13-8-14-34)33(17-20-9-6-5-7-10-20)25(30-26)22-11-12-23(29-19(22)3)37-21-15-18(2)16-21;1-3-30-25-23(26(34)31(27(30)35)15-8-16-33)32(17-19-9-5-4-6-10-19)24(29-25)21-13-14-22(28-18(21)2)36-20-11-7-12-20;1-3-30-25-23(26(34)31(27(30)35)14-7-15-33)32(17-19-8-5-4-6-9-19)24(29-25)20-11-13-22(28-16-20)36-21-12-10-18(21)2/h5-7,9-10,12,14,18,22,34H,4,8,11,13,15-17H2,1-3H3;5-7,9-12,18,21,34H,4,8,13-17H2,1-3H3;4-6,9-10,13-14,20,33H,3,7-8,11-12,15-17H2,1-2H3;4-6,8-9,11,13,16,18,21,33H,3,7,10,12,14-15,17H2,1-2H3. The van der Waals surface area contributed by atoms with E-state index in [0.717, 1.165) is 100 Å². The molecule has 36 nitrogen and oxygen atoms in total. The first-order valence-electron chi connectivity index (χ1n) is 51.0. The second-order valence-corrected chi connectivity index (χ2v) is 38.1. The van der Waals surface area contributed by atoms with Crippen molar-refractivity contribution in [3.8, 4) is 69.1 Å². The molecule has 0 saturated heterocycles. The van der Waals surface area contributed by atoms with Gasteiger partial charge in [0.2, 0.25) is 23.5 Å². The van der Waals surface area contributed by atoms with E-state index in [9.17, 15) is 58.8 Å². The topological polar surface area (TPSA) is 417 Å². The maximum atomic E-state index is 13.7. The van der Waals surface area contributed by atoms with Crippen LogP contribution < -0.4 is 63.9 Å². The highest BCUT2D eigenvalue weighted by molar-refractivity contribution is 5.82. The van der Waals surface area contributed by atoms with Crippen LogP contribution in [0.1, 0.15) is 171 Å². The van der Waals surface area contributed by atoms with Crippen LogP contribution in [-0.2, 0) is 78.5 Å². The fraction of sp³-hybridized carbons (Fsp3) is 0.418. The Hall–Kier alpha value is -14.9. The third-order valence-corrected chi connectivity index (χ3v) is 28.1. The first-order valence-corrected chi connectivity index (χ1v) is 51.0. The zero-order chi connectivity index (χ0) is 103. The number of pyridine rings is 4. The molecule has 0 bridgehead atoms. The molecule has 4 atom stereocenters. The number of hydrogen-bond donors (Lipinski definition) is 4. The molecular formula is C110H128N20O16. The normalized spacial score (nSPS) is 16.4. The first kappa shape index (κ1) is 103. The number of rotatable bonds is 36. The molecule has 4 fully saturated rings. The molecule has 4 N–H and O–H groups in total. The Bertz CT molecular complexity index is 7880. The summed E-state index contributed by atoms with van der Waals surface area (Å²) in [7, 11) is 0. The Morgan fingerprint density at radius 3 is 0.849 bits per heavy atom. The highest BCUT2D eigenvalue weighted by Crippen LogP contribution is 2.38. The van der Waals surface area contributed by atoms with Gasteiger partial charge < -0.3 is 57.6 Å². The molecule has 0 spiro atoms. The van der Waals surface area contributed by atoms with Crippen molar-refractivity contribution in [2.75, 3.05) is 26.4 Å². The predicted molar refractivity (Wildman–Crippen MR) is 559 cm³/mol. The number of aliphatic hydroxyl groups is 4. The van der Waals surface area contributed by atoms with Gasteiger partial charge in [-0.15, -0.1) is 0 Å². The number of hydrogen-bond acceptors (Lipinski definition) is 24. The van der Waals surface area contributed by atoms with Crippen LogP contribution in [-0.4, -0.2) is 166 Å².